The predicted octanol–water partition coefficient (Wildman–Crippen LogP) is 5.89. The van der Waals surface area contributed by atoms with E-state index in [1.54, 1.807) is 6.08 Å². The highest BCUT2D eigenvalue weighted by Crippen LogP contribution is 2.12. The molecule has 0 saturated carbocycles. The fraction of sp³-hybridized carbons (Fsp3) is 0.654. The SMILES string of the molecule is CCCCCCCCCCCCCC=CC(O)C(CO)NC(=O)OCc1ccccc1. The third-order valence-electron chi connectivity index (χ3n) is 5.43. The molecular formula is C26H43NO4. The number of alkyl carbamates (subject to hydrolysis) is 1. The molecule has 5 heteroatoms. The van der Waals surface area contributed by atoms with Gasteiger partial charge in [0, 0.05) is 0 Å². The van der Waals surface area contributed by atoms with E-state index >= 15 is 0 Å². The van der Waals surface area contributed by atoms with Gasteiger partial charge in [-0.05, 0) is 18.4 Å². The summed E-state index contributed by atoms with van der Waals surface area (Å²) in [6, 6.07) is 8.59. The van der Waals surface area contributed by atoms with E-state index in [2.05, 4.69) is 12.2 Å². The molecule has 2 unspecified atom stereocenters. The van der Waals surface area contributed by atoms with Crippen LogP contribution in [0, 0.1) is 0 Å². The minimum absolute atomic E-state index is 0.148. The van der Waals surface area contributed by atoms with Crippen molar-refractivity contribution in [2.75, 3.05) is 6.61 Å². The molecule has 0 fully saturated rings. The lowest BCUT2D eigenvalue weighted by atomic mass is 10.0. The van der Waals surface area contributed by atoms with Gasteiger partial charge in [0.15, 0.2) is 0 Å². The first-order valence-electron chi connectivity index (χ1n) is 12.1. The normalized spacial score (nSPS) is 13.3. The molecule has 5 nitrogen and oxygen atoms in total. The lowest BCUT2D eigenvalue weighted by molar-refractivity contribution is 0.0972. The average molecular weight is 434 g/mol. The quantitative estimate of drug-likeness (QED) is 0.199. The molecule has 1 rings (SSSR count). The maximum Gasteiger partial charge on any atom is 0.407 e. The Labute approximate surface area is 188 Å². The van der Waals surface area contributed by atoms with E-state index in [1.807, 2.05) is 36.4 Å². The zero-order valence-electron chi connectivity index (χ0n) is 19.3. The Morgan fingerprint density at radius 1 is 0.968 bits per heavy atom. The summed E-state index contributed by atoms with van der Waals surface area (Å²) in [5.74, 6) is 0. The number of hydrogen-bond donors (Lipinski definition) is 3. The molecule has 2 atom stereocenters. The van der Waals surface area contributed by atoms with Gasteiger partial charge in [0.05, 0.1) is 18.8 Å². The summed E-state index contributed by atoms with van der Waals surface area (Å²) >= 11 is 0. The highest BCUT2D eigenvalue weighted by atomic mass is 16.5. The third-order valence-corrected chi connectivity index (χ3v) is 5.43. The van der Waals surface area contributed by atoms with Gasteiger partial charge < -0.3 is 20.3 Å². The molecular weight excluding hydrogens is 390 g/mol. The van der Waals surface area contributed by atoms with Crippen LogP contribution in [0.25, 0.3) is 0 Å². The van der Waals surface area contributed by atoms with E-state index in [9.17, 15) is 15.0 Å². The molecule has 176 valence electrons. The molecule has 31 heavy (non-hydrogen) atoms. The molecule has 3 N–H and O–H groups in total. The number of amides is 1. The third kappa shape index (κ3) is 14.7. The molecule has 0 aliphatic carbocycles. The van der Waals surface area contributed by atoms with E-state index < -0.39 is 18.2 Å². The molecule has 0 saturated heterocycles. The van der Waals surface area contributed by atoms with Crippen LogP contribution in [0.4, 0.5) is 4.79 Å². The minimum Gasteiger partial charge on any atom is -0.445 e. The fourth-order valence-electron chi connectivity index (χ4n) is 3.45. The fourth-order valence-corrected chi connectivity index (χ4v) is 3.45. The van der Waals surface area contributed by atoms with Crippen LogP contribution in [0.5, 0.6) is 0 Å². The number of aliphatic hydroxyl groups excluding tert-OH is 2. The molecule has 1 aromatic carbocycles. The first-order valence-corrected chi connectivity index (χ1v) is 12.1. The number of allylic oxidation sites excluding steroid dienone is 1. The van der Waals surface area contributed by atoms with Crippen LogP contribution in [0.2, 0.25) is 0 Å². The summed E-state index contributed by atoms with van der Waals surface area (Å²) in [6.07, 6.45) is 17.3. The number of carbonyl (C=O) groups is 1. The predicted molar refractivity (Wildman–Crippen MR) is 127 cm³/mol. The number of ether oxygens (including phenoxy) is 1. The maximum atomic E-state index is 11.9. The second kappa shape index (κ2) is 18.9. The number of rotatable bonds is 18. The highest BCUT2D eigenvalue weighted by Gasteiger charge is 2.19. The standard InChI is InChI=1S/C26H43NO4/c1-2-3-4-5-6-7-8-9-10-11-12-13-17-20-25(29)24(21-28)27-26(30)31-22-23-18-15-14-16-19-23/h14-20,24-25,28-29H,2-13,21-22H2,1H3,(H,27,30). The van der Waals surface area contributed by atoms with Gasteiger partial charge in [-0.2, -0.15) is 0 Å². The van der Waals surface area contributed by atoms with E-state index in [1.165, 1.54) is 64.2 Å². The van der Waals surface area contributed by atoms with Crippen molar-refractivity contribution in [3.8, 4) is 0 Å². The van der Waals surface area contributed by atoms with E-state index in [0.717, 1.165) is 18.4 Å². The van der Waals surface area contributed by atoms with Crippen molar-refractivity contribution in [2.45, 2.75) is 103 Å². The number of benzene rings is 1. The summed E-state index contributed by atoms with van der Waals surface area (Å²) < 4.78 is 5.14. The minimum atomic E-state index is -0.943. The van der Waals surface area contributed by atoms with Crippen LogP contribution in [-0.2, 0) is 11.3 Å². The number of unbranched alkanes of at least 4 members (excludes halogenated alkanes) is 11. The summed E-state index contributed by atoms with van der Waals surface area (Å²) in [5, 5.41) is 22.2. The molecule has 0 aliphatic heterocycles. The van der Waals surface area contributed by atoms with Crippen molar-refractivity contribution < 1.29 is 19.7 Å². The van der Waals surface area contributed by atoms with Crippen molar-refractivity contribution in [2.24, 2.45) is 0 Å². The van der Waals surface area contributed by atoms with Gasteiger partial charge in [0.2, 0.25) is 0 Å². The van der Waals surface area contributed by atoms with E-state index in [4.69, 9.17) is 4.74 Å². The van der Waals surface area contributed by atoms with Crippen LogP contribution in [0.15, 0.2) is 42.5 Å². The van der Waals surface area contributed by atoms with Gasteiger partial charge in [0.1, 0.15) is 6.61 Å². The smallest absolute Gasteiger partial charge is 0.407 e. The van der Waals surface area contributed by atoms with Crippen LogP contribution >= 0.6 is 0 Å². The van der Waals surface area contributed by atoms with Crippen molar-refractivity contribution in [1.82, 2.24) is 5.32 Å². The van der Waals surface area contributed by atoms with Gasteiger partial charge in [-0.15, -0.1) is 0 Å². The zero-order valence-corrected chi connectivity index (χ0v) is 19.3. The number of aliphatic hydroxyl groups is 2. The molecule has 1 amide bonds. The van der Waals surface area contributed by atoms with Crippen LogP contribution in [-0.4, -0.2) is 35.1 Å². The molecule has 1 aromatic rings. The van der Waals surface area contributed by atoms with Crippen molar-refractivity contribution in [1.29, 1.82) is 0 Å². The summed E-state index contributed by atoms with van der Waals surface area (Å²) in [6.45, 7) is 2.04. The van der Waals surface area contributed by atoms with Gasteiger partial charge in [-0.3, -0.25) is 0 Å². The Balaban J connectivity index is 2.07. The topological polar surface area (TPSA) is 78.8 Å². The maximum absolute atomic E-state index is 11.9. The van der Waals surface area contributed by atoms with Gasteiger partial charge in [-0.1, -0.05) is 114 Å². The second-order valence-electron chi connectivity index (χ2n) is 8.24. The molecule has 0 aliphatic rings. The molecule has 0 radical (unpaired) electrons. The Hall–Kier alpha value is -1.85. The summed E-state index contributed by atoms with van der Waals surface area (Å²) in [7, 11) is 0. The van der Waals surface area contributed by atoms with E-state index in [0.29, 0.717) is 0 Å². The van der Waals surface area contributed by atoms with Crippen molar-refractivity contribution in [3.63, 3.8) is 0 Å². The van der Waals surface area contributed by atoms with Crippen LogP contribution in [0.3, 0.4) is 0 Å². The zero-order chi connectivity index (χ0) is 22.6. The Kier molecular flexibility index (Phi) is 16.6. The molecule has 0 spiro atoms. The summed E-state index contributed by atoms with van der Waals surface area (Å²) in [4.78, 5) is 11.9. The first-order chi connectivity index (χ1) is 15.2. The van der Waals surface area contributed by atoms with Crippen molar-refractivity contribution in [3.05, 3.63) is 48.0 Å². The highest BCUT2D eigenvalue weighted by molar-refractivity contribution is 5.67. The number of hydrogen-bond acceptors (Lipinski definition) is 4. The monoisotopic (exact) mass is 433 g/mol. The van der Waals surface area contributed by atoms with Crippen molar-refractivity contribution >= 4 is 6.09 Å². The largest absolute Gasteiger partial charge is 0.445 e. The molecule has 0 heterocycles. The number of carbonyl (C=O) groups excluding carboxylic acids is 1. The Morgan fingerprint density at radius 3 is 2.13 bits per heavy atom. The number of nitrogens with one attached hydrogen (secondary N) is 1. The molecule has 0 aromatic heterocycles. The lowest BCUT2D eigenvalue weighted by Gasteiger charge is -2.19. The van der Waals surface area contributed by atoms with Gasteiger partial charge >= 0.3 is 6.09 Å². The van der Waals surface area contributed by atoms with E-state index in [-0.39, 0.29) is 13.2 Å². The van der Waals surface area contributed by atoms with Gasteiger partial charge in [-0.25, -0.2) is 4.79 Å². The lowest BCUT2D eigenvalue weighted by Crippen LogP contribution is -2.45. The van der Waals surface area contributed by atoms with Gasteiger partial charge in [0.25, 0.3) is 0 Å². The second-order valence-corrected chi connectivity index (χ2v) is 8.24. The van der Waals surface area contributed by atoms with Crippen LogP contribution in [0.1, 0.15) is 89.5 Å². The van der Waals surface area contributed by atoms with Crippen LogP contribution < -0.4 is 5.32 Å². The Morgan fingerprint density at radius 2 is 1.55 bits per heavy atom. The molecule has 0 bridgehead atoms. The first kappa shape index (κ1) is 27.2. The summed E-state index contributed by atoms with van der Waals surface area (Å²) in [5.41, 5.74) is 0.880. The average Bonchev–Trinajstić information content (AvgIpc) is 2.79. The Bertz CT molecular complexity index is 576.